The number of carboxylic acids is 1. The summed E-state index contributed by atoms with van der Waals surface area (Å²) in [6, 6.07) is -1.04. The maximum Gasteiger partial charge on any atom is 0.328 e. The molecule has 5 nitrogen and oxygen atoms in total. The molecule has 0 aromatic carbocycles. The summed E-state index contributed by atoms with van der Waals surface area (Å²) < 4.78 is 11.0. The fourth-order valence-corrected chi connectivity index (χ4v) is 4.44. The second kappa shape index (κ2) is 2.95. The van der Waals surface area contributed by atoms with E-state index in [0.717, 1.165) is 4.90 Å². The summed E-state index contributed by atoms with van der Waals surface area (Å²) in [5, 5.41) is 7.54. The van der Waals surface area contributed by atoms with Gasteiger partial charge < -0.3 is 10.0 Å². The third-order valence-corrected chi connectivity index (χ3v) is 5.70. The molecule has 0 unspecified atom stereocenters. The highest BCUT2D eigenvalue weighted by Gasteiger charge is 2.67. The van der Waals surface area contributed by atoms with Crippen molar-refractivity contribution in [3.05, 3.63) is 0 Å². The minimum Gasteiger partial charge on any atom is -0.480 e. The number of hydrogen-bond donors (Lipinski definition) is 1. The van der Waals surface area contributed by atoms with Gasteiger partial charge in [0.2, 0.25) is 5.91 Å². The van der Waals surface area contributed by atoms with E-state index in [-0.39, 0.29) is 0 Å². The van der Waals surface area contributed by atoms with Gasteiger partial charge in [0.15, 0.2) is 0 Å². The Kier molecular flexibility index (Phi) is 2.14. The molecule has 15 heavy (non-hydrogen) atoms. The van der Waals surface area contributed by atoms with Crippen molar-refractivity contribution in [2.24, 2.45) is 0 Å². The number of hydrogen-bond acceptors (Lipinski definition) is 3. The van der Waals surface area contributed by atoms with Gasteiger partial charge in [-0.05, 0) is 13.8 Å². The summed E-state index contributed by atoms with van der Waals surface area (Å²) in [5.41, 5.74) is 0. The lowest BCUT2D eigenvalue weighted by Crippen LogP contribution is -2.64. The van der Waals surface area contributed by atoms with Crippen LogP contribution < -0.4 is 0 Å². The Hall–Kier alpha value is -0.620. The van der Waals surface area contributed by atoms with E-state index in [1.165, 1.54) is 0 Å². The van der Waals surface area contributed by atoms with Crippen molar-refractivity contribution in [2.75, 3.05) is 0 Å². The monoisotopic (exact) mass is 251 g/mol. The third kappa shape index (κ3) is 1.12. The van der Waals surface area contributed by atoms with Gasteiger partial charge in [-0.3, -0.25) is 9.00 Å². The van der Waals surface area contributed by atoms with E-state index in [2.05, 4.69) is 0 Å². The fourth-order valence-electron chi connectivity index (χ4n) is 2.11. The van der Waals surface area contributed by atoms with Crippen molar-refractivity contribution in [1.29, 1.82) is 0 Å². The zero-order chi connectivity index (χ0) is 11.5. The Morgan fingerprint density at radius 1 is 1.60 bits per heavy atom. The number of amides is 1. The van der Waals surface area contributed by atoms with E-state index in [1.807, 2.05) is 0 Å². The molecule has 0 radical (unpaired) electrons. The lowest BCUT2D eigenvalue weighted by molar-refractivity contribution is -0.156. The molecule has 0 spiro atoms. The molecule has 1 N–H and O–H groups in total. The zero-order valence-electron chi connectivity index (χ0n) is 8.14. The summed E-state index contributed by atoms with van der Waals surface area (Å²) in [5.74, 6) is -1.57. The first-order chi connectivity index (χ1) is 6.80. The maximum atomic E-state index is 11.9. The molecule has 2 aliphatic rings. The van der Waals surface area contributed by atoms with E-state index >= 15 is 0 Å². The highest BCUT2D eigenvalue weighted by Crippen LogP contribution is 2.45. The Labute approximate surface area is 93.8 Å². The molecule has 0 saturated carbocycles. The molecule has 2 saturated heterocycles. The molecule has 2 aliphatic heterocycles. The van der Waals surface area contributed by atoms with Gasteiger partial charge >= 0.3 is 5.97 Å². The number of β-lactam (4-membered cyclic amide) rings is 1. The van der Waals surface area contributed by atoms with Gasteiger partial charge in [-0.1, -0.05) is 0 Å². The van der Waals surface area contributed by atoms with Crippen LogP contribution in [0.25, 0.3) is 0 Å². The average Bonchev–Trinajstić information content (AvgIpc) is 2.32. The predicted octanol–water partition coefficient (Wildman–Crippen LogP) is -0.244. The van der Waals surface area contributed by atoms with E-state index in [4.69, 9.17) is 16.7 Å². The number of fused-ring (bicyclic) bond motifs is 1. The van der Waals surface area contributed by atoms with Crippen molar-refractivity contribution < 1.29 is 18.9 Å². The number of aliphatic carboxylic acids is 1. The molecule has 2 fully saturated rings. The van der Waals surface area contributed by atoms with Crippen LogP contribution in [0, 0.1) is 0 Å². The van der Waals surface area contributed by atoms with Crippen molar-refractivity contribution in [1.82, 2.24) is 4.90 Å². The molecule has 0 aliphatic carbocycles. The second-order valence-electron chi connectivity index (χ2n) is 4.18. The average molecular weight is 252 g/mol. The summed E-state index contributed by atoms with van der Waals surface area (Å²) >= 11 is 5.72. The molecular formula is C8H10ClNO4S. The number of carboxylic acid groups (broad SMARTS) is 1. The van der Waals surface area contributed by atoms with Crippen molar-refractivity contribution >= 4 is 34.3 Å². The molecule has 0 aromatic heterocycles. The largest absolute Gasteiger partial charge is 0.480 e. The molecule has 84 valence electrons. The normalized spacial score (nSPS) is 42.3. The second-order valence-corrected chi connectivity index (χ2v) is 6.78. The first kappa shape index (κ1) is 10.9. The molecule has 2 rings (SSSR count). The van der Waals surface area contributed by atoms with Crippen LogP contribution in [-0.4, -0.2) is 47.6 Å². The first-order valence-corrected chi connectivity index (χ1v) is 6.05. The Bertz CT molecular complexity index is 383. The SMILES string of the molecule is CC1(C)[C@H](C(=O)O)N2C(=O)[C@@H](Cl)[C@H]2[S@@]1=O. The van der Waals surface area contributed by atoms with Gasteiger partial charge in [-0.2, -0.15) is 0 Å². The fraction of sp³-hybridized carbons (Fsp3) is 0.750. The van der Waals surface area contributed by atoms with Gasteiger partial charge in [0, 0.05) is 0 Å². The number of carbonyl (C=O) groups excluding carboxylic acids is 1. The highest BCUT2D eigenvalue weighted by molar-refractivity contribution is 7.87. The van der Waals surface area contributed by atoms with Crippen molar-refractivity contribution in [3.8, 4) is 0 Å². The van der Waals surface area contributed by atoms with Gasteiger partial charge in [-0.25, -0.2) is 4.79 Å². The molecule has 7 heteroatoms. The summed E-state index contributed by atoms with van der Waals surface area (Å²) in [6.45, 7) is 3.16. The van der Waals surface area contributed by atoms with Crippen LogP contribution in [0.2, 0.25) is 0 Å². The van der Waals surface area contributed by atoms with Crippen LogP contribution in [0.4, 0.5) is 0 Å². The standard InChI is InChI=1S/C8H10ClNO4S/c1-8(2)4(7(12)13)10-5(11)3(9)6(10)15(8)14/h3-4,6H,1-2H3,(H,12,13)/t3-,4+,6-,15+/m1/s1. The highest BCUT2D eigenvalue weighted by atomic mass is 35.5. The first-order valence-electron chi connectivity index (χ1n) is 4.40. The zero-order valence-corrected chi connectivity index (χ0v) is 9.71. The van der Waals surface area contributed by atoms with Crippen LogP contribution in [-0.2, 0) is 20.4 Å². The van der Waals surface area contributed by atoms with Gasteiger partial charge in [0.05, 0.1) is 15.5 Å². The quantitative estimate of drug-likeness (QED) is 0.515. The lowest BCUT2D eigenvalue weighted by Gasteiger charge is -2.39. The summed E-state index contributed by atoms with van der Waals surface area (Å²) in [7, 11) is -1.43. The van der Waals surface area contributed by atoms with E-state index in [0.29, 0.717) is 0 Å². The smallest absolute Gasteiger partial charge is 0.328 e. The summed E-state index contributed by atoms with van der Waals surface area (Å²) in [4.78, 5) is 23.6. The topological polar surface area (TPSA) is 74.7 Å². The molecule has 0 bridgehead atoms. The number of carbonyl (C=O) groups is 2. The molecular weight excluding hydrogens is 242 g/mol. The van der Waals surface area contributed by atoms with E-state index in [9.17, 15) is 13.8 Å². The Morgan fingerprint density at radius 3 is 2.60 bits per heavy atom. The number of nitrogens with zero attached hydrogens (tertiary/aromatic N) is 1. The van der Waals surface area contributed by atoms with Crippen LogP contribution in [0.5, 0.6) is 0 Å². The van der Waals surface area contributed by atoms with Crippen LogP contribution in [0.3, 0.4) is 0 Å². The Morgan fingerprint density at radius 2 is 2.13 bits per heavy atom. The molecule has 4 atom stereocenters. The van der Waals surface area contributed by atoms with E-state index < -0.39 is 44.2 Å². The minimum absolute atomic E-state index is 0.437. The molecule has 2 heterocycles. The number of alkyl halides is 1. The van der Waals surface area contributed by atoms with Crippen LogP contribution >= 0.6 is 11.6 Å². The van der Waals surface area contributed by atoms with Crippen molar-refractivity contribution in [2.45, 2.75) is 35.4 Å². The Balaban J connectivity index is 2.45. The van der Waals surface area contributed by atoms with E-state index in [1.54, 1.807) is 13.8 Å². The predicted molar refractivity (Wildman–Crippen MR) is 53.9 cm³/mol. The van der Waals surface area contributed by atoms with Crippen molar-refractivity contribution in [3.63, 3.8) is 0 Å². The van der Waals surface area contributed by atoms with Crippen LogP contribution in [0.15, 0.2) is 0 Å². The number of rotatable bonds is 1. The number of halogens is 1. The maximum absolute atomic E-state index is 11.9. The van der Waals surface area contributed by atoms with Gasteiger partial charge in [0.1, 0.15) is 16.8 Å². The molecule has 0 aromatic rings. The lowest BCUT2D eigenvalue weighted by atomic mass is 9.98. The van der Waals surface area contributed by atoms with Crippen LogP contribution in [0.1, 0.15) is 13.8 Å². The third-order valence-electron chi connectivity index (χ3n) is 2.92. The summed E-state index contributed by atoms with van der Waals surface area (Å²) in [6.07, 6.45) is 0. The van der Waals surface area contributed by atoms with Gasteiger partial charge in [0.25, 0.3) is 0 Å². The molecule has 1 amide bonds. The minimum atomic E-state index is -1.43. The van der Waals surface area contributed by atoms with Gasteiger partial charge in [-0.15, -0.1) is 11.6 Å².